The lowest BCUT2D eigenvalue weighted by atomic mass is 10.1. The zero-order valence-corrected chi connectivity index (χ0v) is 17.6. The van der Waals surface area contributed by atoms with Gasteiger partial charge in [0.1, 0.15) is 0 Å². The highest BCUT2D eigenvalue weighted by atomic mass is 127. The topological polar surface area (TPSA) is 42.9 Å². The van der Waals surface area contributed by atoms with Gasteiger partial charge in [0.2, 0.25) is 0 Å². The van der Waals surface area contributed by atoms with Gasteiger partial charge >= 0.3 is 6.18 Å². The first-order valence-corrected chi connectivity index (χ1v) is 8.29. The zero-order chi connectivity index (χ0) is 18.4. The summed E-state index contributed by atoms with van der Waals surface area (Å²) in [5.41, 5.74) is 0.133. The molecule has 26 heavy (non-hydrogen) atoms. The van der Waals surface area contributed by atoms with E-state index >= 15 is 0 Å². The summed E-state index contributed by atoms with van der Waals surface area (Å²) in [6.45, 7) is 4.25. The van der Waals surface area contributed by atoms with E-state index in [2.05, 4.69) is 39.5 Å². The Morgan fingerprint density at radius 2 is 1.81 bits per heavy atom. The fourth-order valence-electron chi connectivity index (χ4n) is 2.75. The number of hydrogen-bond acceptors (Lipinski definition) is 3. The molecule has 0 radical (unpaired) electrons. The summed E-state index contributed by atoms with van der Waals surface area (Å²) in [6.07, 6.45) is -4.30. The quantitative estimate of drug-likeness (QED) is 0.390. The second-order valence-corrected chi connectivity index (χ2v) is 6.40. The van der Waals surface area contributed by atoms with Crippen LogP contribution in [0.15, 0.2) is 29.3 Å². The Bertz CT molecular complexity index is 577. The molecule has 0 bridgehead atoms. The smallest absolute Gasteiger partial charge is 0.355 e. The number of aliphatic imine (C=N–C) groups is 1. The van der Waals surface area contributed by atoms with Gasteiger partial charge in [-0.15, -0.1) is 24.0 Å². The maximum absolute atomic E-state index is 12.6. The molecule has 2 N–H and O–H groups in total. The number of guanidine groups is 1. The number of likely N-dealkylation sites (N-methyl/N-ethyl adjacent to an activating group) is 2. The summed E-state index contributed by atoms with van der Waals surface area (Å²) in [5.74, 6) is 0.640. The first-order chi connectivity index (χ1) is 11.8. The van der Waals surface area contributed by atoms with Crippen molar-refractivity contribution < 1.29 is 13.2 Å². The molecule has 1 saturated heterocycles. The van der Waals surface area contributed by atoms with Crippen molar-refractivity contribution >= 4 is 29.9 Å². The maximum atomic E-state index is 12.6. The number of piperazine rings is 1. The second kappa shape index (κ2) is 10.3. The van der Waals surface area contributed by atoms with Crippen molar-refractivity contribution in [2.24, 2.45) is 4.99 Å². The van der Waals surface area contributed by atoms with Crippen LogP contribution in [0.25, 0.3) is 0 Å². The SMILES string of the molecule is CN=C(NCc1ccc(C(F)(F)F)cc1)NCC1CN(C)CCN1C.I. The average molecular weight is 485 g/mol. The molecule has 0 aromatic heterocycles. The minimum atomic E-state index is -4.30. The summed E-state index contributed by atoms with van der Waals surface area (Å²) < 4.78 is 37.7. The van der Waals surface area contributed by atoms with Gasteiger partial charge in [0.25, 0.3) is 0 Å². The van der Waals surface area contributed by atoms with Crippen LogP contribution in [0.1, 0.15) is 11.1 Å². The standard InChI is InChI=1S/C17H26F3N5.HI/c1-21-16(23-11-15-12-24(2)8-9-25(15)3)22-10-13-4-6-14(7-5-13)17(18,19)20;/h4-7,15H,8-12H2,1-3H3,(H2,21,22,23);1H. The highest BCUT2D eigenvalue weighted by molar-refractivity contribution is 14.0. The predicted octanol–water partition coefficient (Wildman–Crippen LogP) is 2.23. The van der Waals surface area contributed by atoms with Crippen LogP contribution in [0, 0.1) is 0 Å². The Kier molecular flexibility index (Phi) is 9.11. The van der Waals surface area contributed by atoms with Gasteiger partial charge in [0.05, 0.1) is 5.56 Å². The minimum Gasteiger partial charge on any atom is -0.355 e. The van der Waals surface area contributed by atoms with E-state index in [4.69, 9.17) is 0 Å². The van der Waals surface area contributed by atoms with Crippen molar-refractivity contribution in [3.05, 3.63) is 35.4 Å². The van der Waals surface area contributed by atoms with E-state index in [-0.39, 0.29) is 24.0 Å². The number of halogens is 4. The van der Waals surface area contributed by atoms with E-state index in [0.717, 1.165) is 43.9 Å². The van der Waals surface area contributed by atoms with E-state index in [1.807, 2.05) is 0 Å². The van der Waals surface area contributed by atoms with Gasteiger partial charge in [-0.1, -0.05) is 12.1 Å². The van der Waals surface area contributed by atoms with Crippen LogP contribution in [0.3, 0.4) is 0 Å². The molecule has 1 aromatic rings. The second-order valence-electron chi connectivity index (χ2n) is 6.40. The van der Waals surface area contributed by atoms with Crippen molar-refractivity contribution in [3.63, 3.8) is 0 Å². The highest BCUT2D eigenvalue weighted by Crippen LogP contribution is 2.29. The fourth-order valence-corrected chi connectivity index (χ4v) is 2.75. The third-order valence-electron chi connectivity index (χ3n) is 4.45. The Hall–Kier alpha value is -1.07. The lowest BCUT2D eigenvalue weighted by Crippen LogP contribution is -2.55. The highest BCUT2D eigenvalue weighted by Gasteiger charge is 2.29. The number of nitrogens with zero attached hydrogens (tertiary/aromatic N) is 3. The third-order valence-corrected chi connectivity index (χ3v) is 4.45. The summed E-state index contributed by atoms with van der Waals surface area (Å²) in [6, 6.07) is 5.54. The van der Waals surface area contributed by atoms with Crippen LogP contribution >= 0.6 is 24.0 Å². The lowest BCUT2D eigenvalue weighted by Gasteiger charge is -2.37. The molecular weight excluding hydrogens is 458 g/mol. The van der Waals surface area contributed by atoms with Gasteiger partial charge in [0, 0.05) is 45.8 Å². The largest absolute Gasteiger partial charge is 0.416 e. The van der Waals surface area contributed by atoms with Gasteiger partial charge in [-0.05, 0) is 31.8 Å². The van der Waals surface area contributed by atoms with E-state index < -0.39 is 11.7 Å². The summed E-state index contributed by atoms with van der Waals surface area (Å²) in [7, 11) is 5.90. The van der Waals surface area contributed by atoms with Crippen molar-refractivity contribution in [1.29, 1.82) is 0 Å². The minimum absolute atomic E-state index is 0. The number of nitrogens with one attached hydrogen (secondary N) is 2. The Morgan fingerprint density at radius 3 is 2.38 bits per heavy atom. The number of rotatable bonds is 4. The van der Waals surface area contributed by atoms with Crippen LogP contribution in [0.4, 0.5) is 13.2 Å². The molecule has 0 saturated carbocycles. The lowest BCUT2D eigenvalue weighted by molar-refractivity contribution is -0.137. The first kappa shape index (κ1) is 23.0. The molecule has 1 aromatic carbocycles. The first-order valence-electron chi connectivity index (χ1n) is 8.29. The maximum Gasteiger partial charge on any atom is 0.416 e. The van der Waals surface area contributed by atoms with Crippen LogP contribution in [-0.4, -0.2) is 69.1 Å². The number of hydrogen-bond donors (Lipinski definition) is 2. The molecule has 0 amide bonds. The average Bonchev–Trinajstić information content (AvgIpc) is 2.57. The fraction of sp³-hybridized carbons (Fsp3) is 0.588. The normalized spacial score (nSPS) is 19.8. The molecule has 1 aliphatic heterocycles. The van der Waals surface area contributed by atoms with Crippen molar-refractivity contribution in [2.75, 3.05) is 47.3 Å². The molecule has 1 unspecified atom stereocenters. The molecule has 1 heterocycles. The molecule has 1 aliphatic rings. The van der Waals surface area contributed by atoms with Gasteiger partial charge in [-0.2, -0.15) is 13.2 Å². The molecule has 9 heteroatoms. The van der Waals surface area contributed by atoms with Crippen molar-refractivity contribution in [2.45, 2.75) is 18.8 Å². The molecule has 148 valence electrons. The van der Waals surface area contributed by atoms with Crippen LogP contribution in [-0.2, 0) is 12.7 Å². The molecular formula is C17H27F3IN5. The van der Waals surface area contributed by atoms with Crippen LogP contribution < -0.4 is 10.6 Å². The third kappa shape index (κ3) is 6.92. The number of alkyl halides is 3. The van der Waals surface area contributed by atoms with Crippen molar-refractivity contribution in [1.82, 2.24) is 20.4 Å². The predicted molar refractivity (Wildman–Crippen MR) is 109 cm³/mol. The zero-order valence-electron chi connectivity index (χ0n) is 15.3. The van der Waals surface area contributed by atoms with Crippen molar-refractivity contribution in [3.8, 4) is 0 Å². The van der Waals surface area contributed by atoms with Gasteiger partial charge in [-0.25, -0.2) is 0 Å². The summed E-state index contributed by atoms with van der Waals surface area (Å²) >= 11 is 0. The summed E-state index contributed by atoms with van der Waals surface area (Å²) in [5, 5.41) is 6.42. The van der Waals surface area contributed by atoms with Gasteiger partial charge < -0.3 is 15.5 Å². The molecule has 2 rings (SSSR count). The van der Waals surface area contributed by atoms with E-state index in [0.29, 0.717) is 18.5 Å². The van der Waals surface area contributed by atoms with Gasteiger partial charge in [0.15, 0.2) is 5.96 Å². The Labute approximate surface area is 170 Å². The monoisotopic (exact) mass is 485 g/mol. The van der Waals surface area contributed by atoms with Crippen LogP contribution in [0.5, 0.6) is 0 Å². The number of benzene rings is 1. The van der Waals surface area contributed by atoms with Crippen LogP contribution in [0.2, 0.25) is 0 Å². The molecule has 0 aliphatic carbocycles. The molecule has 5 nitrogen and oxygen atoms in total. The Balaban J connectivity index is 0.00000338. The van der Waals surface area contributed by atoms with Gasteiger partial charge in [-0.3, -0.25) is 9.89 Å². The van der Waals surface area contributed by atoms with E-state index in [1.54, 1.807) is 7.05 Å². The molecule has 0 spiro atoms. The molecule has 1 fully saturated rings. The van der Waals surface area contributed by atoms with E-state index in [9.17, 15) is 13.2 Å². The summed E-state index contributed by atoms with van der Waals surface area (Å²) in [4.78, 5) is 8.78. The Morgan fingerprint density at radius 1 is 1.15 bits per heavy atom. The molecule has 1 atom stereocenters. The van der Waals surface area contributed by atoms with E-state index in [1.165, 1.54) is 12.1 Å².